The average Bonchev–Trinajstić information content (AvgIpc) is 3.30. The van der Waals surface area contributed by atoms with Gasteiger partial charge in [0.1, 0.15) is 5.82 Å². The molecule has 3 N–H and O–H groups in total. The number of halogens is 1. The topological polar surface area (TPSA) is 110 Å². The molecule has 1 unspecified atom stereocenters. The van der Waals surface area contributed by atoms with E-state index < -0.39 is 5.97 Å². The van der Waals surface area contributed by atoms with Crippen molar-refractivity contribution in [3.63, 3.8) is 0 Å². The third-order valence-electron chi connectivity index (χ3n) is 5.72. The normalized spacial score (nSPS) is 15.9. The van der Waals surface area contributed by atoms with Crippen molar-refractivity contribution < 1.29 is 9.90 Å². The molecule has 2 aromatic heterocycles. The van der Waals surface area contributed by atoms with Gasteiger partial charge >= 0.3 is 5.97 Å². The monoisotopic (exact) mass is 556 g/mol. The van der Waals surface area contributed by atoms with Crippen molar-refractivity contribution in [3.05, 3.63) is 61.1 Å². The lowest BCUT2D eigenvalue weighted by Gasteiger charge is -2.32. The Hall–Kier alpha value is -3.04. The van der Waals surface area contributed by atoms with Gasteiger partial charge in [-0.3, -0.25) is 14.7 Å². The predicted octanol–water partition coefficient (Wildman–Crippen LogP) is 5.31. The molecule has 8 nitrogen and oxygen atoms in total. The molecule has 194 valence electrons. The zero-order chi connectivity index (χ0) is 26.5. The summed E-state index contributed by atoms with van der Waals surface area (Å²) >= 11 is 3.60. The molecule has 0 radical (unpaired) electrons. The van der Waals surface area contributed by atoms with E-state index in [0.29, 0.717) is 17.7 Å². The third-order valence-corrected chi connectivity index (χ3v) is 6.29. The Balaban J connectivity index is 0.00000222. The number of hydrogen-bond donors (Lipinski definition) is 2. The number of hydrogen-bond acceptors (Lipinski definition) is 6. The van der Waals surface area contributed by atoms with E-state index in [0.717, 1.165) is 48.2 Å². The molecule has 1 aliphatic rings. The maximum absolute atomic E-state index is 11.2. The third kappa shape index (κ3) is 8.27. The van der Waals surface area contributed by atoms with Crippen LogP contribution in [0.4, 0.5) is 5.82 Å². The second-order valence-corrected chi connectivity index (χ2v) is 8.75. The number of carboxylic acid groups (broad SMARTS) is 1. The zero-order valence-electron chi connectivity index (χ0n) is 21.4. The number of aliphatic imine (C=N–C) groups is 1. The van der Waals surface area contributed by atoms with Crippen molar-refractivity contribution in [2.24, 2.45) is 16.6 Å². The first-order chi connectivity index (χ1) is 17.4. The minimum absolute atomic E-state index is 0.0340. The van der Waals surface area contributed by atoms with Crippen molar-refractivity contribution in [1.29, 1.82) is 0 Å². The number of alkyl halides is 1. The Morgan fingerprint density at radius 1 is 1.31 bits per heavy atom. The van der Waals surface area contributed by atoms with Gasteiger partial charge in [0.15, 0.2) is 5.82 Å². The van der Waals surface area contributed by atoms with Gasteiger partial charge in [0.05, 0.1) is 12.7 Å². The summed E-state index contributed by atoms with van der Waals surface area (Å²) < 4.78 is 1.54. The highest BCUT2D eigenvalue weighted by Crippen LogP contribution is 2.32. The maximum Gasteiger partial charge on any atom is 0.317 e. The molecule has 1 atom stereocenters. The number of nitrogens with two attached hydrogens (primary N) is 1. The Morgan fingerprint density at radius 3 is 2.75 bits per heavy atom. The van der Waals surface area contributed by atoms with Gasteiger partial charge in [-0.15, -0.1) is 0 Å². The fourth-order valence-corrected chi connectivity index (χ4v) is 4.59. The summed E-state index contributed by atoms with van der Waals surface area (Å²) in [6.45, 7) is 11.4. The molecule has 36 heavy (non-hydrogen) atoms. The van der Waals surface area contributed by atoms with Crippen LogP contribution in [-0.4, -0.2) is 61.4 Å². The number of carbonyl (C=O) groups is 1. The smallest absolute Gasteiger partial charge is 0.317 e. The Morgan fingerprint density at radius 2 is 2.08 bits per heavy atom. The molecule has 1 aliphatic heterocycles. The van der Waals surface area contributed by atoms with Crippen molar-refractivity contribution in [2.75, 3.05) is 25.0 Å². The molecule has 0 aromatic carbocycles. The number of aromatic nitrogens is 3. The van der Waals surface area contributed by atoms with Crippen molar-refractivity contribution in [2.45, 2.75) is 40.0 Å². The van der Waals surface area contributed by atoms with E-state index in [2.05, 4.69) is 51.6 Å². The summed E-state index contributed by atoms with van der Waals surface area (Å²) in [7, 11) is 0. The Kier molecular flexibility index (Phi) is 12.3. The van der Waals surface area contributed by atoms with E-state index in [1.807, 2.05) is 36.9 Å². The predicted molar refractivity (Wildman–Crippen MR) is 151 cm³/mol. The van der Waals surface area contributed by atoms with Crippen molar-refractivity contribution in [3.8, 4) is 11.1 Å². The zero-order valence-corrected chi connectivity index (χ0v) is 23.0. The van der Waals surface area contributed by atoms with E-state index in [1.165, 1.54) is 4.68 Å². The molecule has 2 aromatic rings. The molecule has 1 saturated heterocycles. The number of likely N-dealkylation sites (tertiary alicyclic amines) is 1. The van der Waals surface area contributed by atoms with E-state index in [9.17, 15) is 9.90 Å². The molecule has 0 aliphatic carbocycles. The van der Waals surface area contributed by atoms with Crippen LogP contribution in [0, 0.1) is 5.92 Å². The SMILES string of the molecule is C=C(N)n1ncc(-c2cncccccc(CC)c2)c1/N=C(\CBr)C1CCCN(CC(=O)O)C1.CC. The van der Waals surface area contributed by atoms with Crippen LogP contribution in [0.3, 0.4) is 0 Å². The van der Waals surface area contributed by atoms with Gasteiger partial charge in [-0.05, 0) is 43.5 Å². The lowest BCUT2D eigenvalue weighted by atomic mass is 9.93. The van der Waals surface area contributed by atoms with E-state index in [4.69, 9.17) is 10.7 Å². The summed E-state index contributed by atoms with van der Waals surface area (Å²) in [5.41, 5.74) is 9.77. The summed E-state index contributed by atoms with van der Waals surface area (Å²) in [6, 6.07) is 9.96. The molecular weight excluding hydrogens is 520 g/mol. The fourth-order valence-electron chi connectivity index (χ4n) is 4.01. The first kappa shape index (κ1) is 29.2. The molecule has 3 heterocycles. The second-order valence-electron chi connectivity index (χ2n) is 8.19. The van der Waals surface area contributed by atoms with E-state index in [-0.39, 0.29) is 18.3 Å². The van der Waals surface area contributed by atoms with Crippen LogP contribution in [0.1, 0.15) is 39.2 Å². The van der Waals surface area contributed by atoms with Gasteiger partial charge in [-0.2, -0.15) is 9.78 Å². The molecule has 0 bridgehead atoms. The lowest BCUT2D eigenvalue weighted by Crippen LogP contribution is -2.41. The van der Waals surface area contributed by atoms with Crippen LogP contribution >= 0.6 is 15.9 Å². The van der Waals surface area contributed by atoms with Crippen LogP contribution in [0.5, 0.6) is 0 Å². The van der Waals surface area contributed by atoms with E-state index in [1.54, 1.807) is 18.6 Å². The molecule has 0 amide bonds. The van der Waals surface area contributed by atoms with Crippen LogP contribution in [-0.2, 0) is 11.2 Å². The van der Waals surface area contributed by atoms with Crippen molar-refractivity contribution >= 4 is 39.2 Å². The highest BCUT2D eigenvalue weighted by atomic mass is 79.9. The minimum Gasteiger partial charge on any atom is -0.480 e. The van der Waals surface area contributed by atoms with Gasteiger partial charge in [0.2, 0.25) is 0 Å². The fraction of sp³-hybridized carbons (Fsp3) is 0.407. The quantitative estimate of drug-likeness (QED) is 0.336. The highest BCUT2D eigenvalue weighted by molar-refractivity contribution is 9.09. The molecule has 9 heteroatoms. The Bertz CT molecular complexity index is 1110. The first-order valence-electron chi connectivity index (χ1n) is 12.3. The van der Waals surface area contributed by atoms with Crippen LogP contribution < -0.4 is 5.73 Å². The van der Waals surface area contributed by atoms with Crippen molar-refractivity contribution in [1.82, 2.24) is 19.7 Å². The number of piperidine rings is 1. The first-order valence-corrected chi connectivity index (χ1v) is 13.4. The van der Waals surface area contributed by atoms with Gasteiger partial charge in [-0.25, -0.2) is 4.99 Å². The standard InChI is InChI=1S/C25H31BrN6O2.C2H6/c1-3-19-8-5-4-6-10-28-14-21(12-19)22-15-29-32(18(2)27)25(22)30-23(13-26)20-9-7-11-31(16-20)17-24(33)34;1-2/h4-6,8,10,12,14-15,20H,2-3,7,9,11,13,16-17,27H2,1H3,(H,33,34);1-2H3/b5-4?,6-4?,8-5?,10-6?,19-8?,19-12?,21-12?,21-14?,28-10?,28-14?,30-23+;. The van der Waals surface area contributed by atoms with Crippen LogP contribution in [0.25, 0.3) is 16.9 Å². The van der Waals surface area contributed by atoms with Gasteiger partial charge in [-0.1, -0.05) is 61.5 Å². The molecule has 0 saturated carbocycles. The maximum atomic E-state index is 11.2. The number of aryl methyl sites for hydroxylation is 1. The summed E-state index contributed by atoms with van der Waals surface area (Å²) in [5, 5.41) is 14.2. The number of carboxylic acids is 1. The number of nitrogens with zero attached hydrogens (tertiary/aromatic N) is 5. The summed E-state index contributed by atoms with van der Waals surface area (Å²) in [4.78, 5) is 22.6. The number of aliphatic carboxylic acids is 1. The van der Waals surface area contributed by atoms with Crippen LogP contribution in [0.15, 0.2) is 60.5 Å². The Labute approximate surface area is 222 Å². The number of rotatable bonds is 8. The van der Waals surface area contributed by atoms with Gasteiger partial charge in [0, 0.05) is 47.0 Å². The molecule has 1 fully saturated rings. The lowest BCUT2D eigenvalue weighted by molar-refractivity contribution is -0.138. The molecule has 3 rings (SSSR count). The molecular formula is C27H37BrN6O2. The summed E-state index contributed by atoms with van der Waals surface area (Å²) in [6.07, 6.45) is 7.97. The largest absolute Gasteiger partial charge is 0.480 e. The van der Waals surface area contributed by atoms with E-state index >= 15 is 0 Å². The second kappa shape index (κ2) is 15.2. The summed E-state index contributed by atoms with van der Waals surface area (Å²) in [5.74, 6) is 0.160. The van der Waals surface area contributed by atoms with Gasteiger partial charge in [0.25, 0.3) is 0 Å². The van der Waals surface area contributed by atoms with Crippen LogP contribution in [0.2, 0.25) is 0 Å². The minimum atomic E-state index is -0.816. The highest BCUT2D eigenvalue weighted by Gasteiger charge is 2.26. The average molecular weight is 558 g/mol. The molecule has 0 spiro atoms. The van der Waals surface area contributed by atoms with Gasteiger partial charge < -0.3 is 10.8 Å².